The van der Waals surface area contributed by atoms with Gasteiger partial charge in [0, 0.05) is 12.1 Å². The predicted octanol–water partition coefficient (Wildman–Crippen LogP) is 2.88. The normalized spacial score (nSPS) is 9.78. The highest BCUT2D eigenvalue weighted by Gasteiger charge is 2.05. The van der Waals surface area contributed by atoms with Crippen LogP contribution in [0, 0.1) is 18.3 Å². The van der Waals surface area contributed by atoms with Crippen LogP contribution in [0.15, 0.2) is 42.5 Å². The van der Waals surface area contributed by atoms with Gasteiger partial charge in [-0.25, -0.2) is 4.98 Å². The summed E-state index contributed by atoms with van der Waals surface area (Å²) in [6.45, 7) is 2.40. The second kappa shape index (κ2) is 5.83. The van der Waals surface area contributed by atoms with Crippen LogP contribution in [0.5, 0.6) is 5.88 Å². The van der Waals surface area contributed by atoms with Crippen molar-refractivity contribution in [1.82, 2.24) is 4.98 Å². The number of benzene rings is 1. The highest BCUT2D eigenvalue weighted by Crippen LogP contribution is 2.15. The molecule has 0 atom stereocenters. The number of nitrogens with zero attached hydrogens (tertiary/aromatic N) is 2. The minimum Gasteiger partial charge on any atom is -0.476 e. The van der Waals surface area contributed by atoms with Crippen LogP contribution in [-0.4, -0.2) is 11.6 Å². The zero-order valence-electron chi connectivity index (χ0n) is 10.3. The SMILES string of the molecule is Cc1ccc(C#N)c(OCCc2ccccc2)n1. The first-order valence-corrected chi connectivity index (χ1v) is 5.84. The third-order valence-electron chi connectivity index (χ3n) is 2.59. The standard InChI is InChI=1S/C15H14N2O/c1-12-7-8-14(11-16)15(17-12)18-10-9-13-5-3-2-4-6-13/h2-8H,9-10H2,1H3. The zero-order chi connectivity index (χ0) is 12.8. The Hall–Kier alpha value is -2.34. The Bertz CT molecular complexity index is 558. The minimum absolute atomic E-state index is 0.424. The Kier molecular flexibility index (Phi) is 3.93. The molecule has 2 aromatic rings. The number of rotatable bonds is 4. The number of pyridine rings is 1. The zero-order valence-corrected chi connectivity index (χ0v) is 10.3. The molecule has 0 bridgehead atoms. The summed E-state index contributed by atoms with van der Waals surface area (Å²) in [7, 11) is 0. The molecule has 0 aliphatic rings. The first-order valence-electron chi connectivity index (χ1n) is 5.84. The summed E-state index contributed by atoms with van der Waals surface area (Å²) in [6, 6.07) is 15.7. The lowest BCUT2D eigenvalue weighted by Crippen LogP contribution is -2.04. The molecular formula is C15H14N2O. The van der Waals surface area contributed by atoms with Crippen LogP contribution >= 0.6 is 0 Å². The van der Waals surface area contributed by atoms with E-state index < -0.39 is 0 Å². The monoisotopic (exact) mass is 238 g/mol. The molecule has 2 rings (SSSR count). The lowest BCUT2D eigenvalue weighted by atomic mass is 10.2. The van der Waals surface area contributed by atoms with Gasteiger partial charge in [0.2, 0.25) is 5.88 Å². The van der Waals surface area contributed by atoms with Crippen molar-refractivity contribution in [3.63, 3.8) is 0 Å². The maximum absolute atomic E-state index is 8.96. The summed E-state index contributed by atoms with van der Waals surface area (Å²) in [6.07, 6.45) is 0.807. The largest absolute Gasteiger partial charge is 0.476 e. The van der Waals surface area contributed by atoms with Crippen LogP contribution < -0.4 is 4.74 Å². The summed E-state index contributed by atoms with van der Waals surface area (Å²) in [5, 5.41) is 8.96. The Morgan fingerprint density at radius 2 is 1.94 bits per heavy atom. The van der Waals surface area contributed by atoms with Gasteiger partial charge in [0.15, 0.2) is 0 Å². The van der Waals surface area contributed by atoms with Crippen molar-refractivity contribution >= 4 is 0 Å². The lowest BCUT2D eigenvalue weighted by Gasteiger charge is -2.07. The number of hydrogen-bond acceptors (Lipinski definition) is 3. The van der Waals surface area contributed by atoms with E-state index in [1.807, 2.05) is 31.2 Å². The number of ether oxygens (including phenoxy) is 1. The second-order valence-corrected chi connectivity index (χ2v) is 4.00. The topological polar surface area (TPSA) is 45.9 Å². The molecule has 0 spiro atoms. The van der Waals surface area contributed by atoms with Crippen molar-refractivity contribution in [2.75, 3.05) is 6.61 Å². The van der Waals surface area contributed by atoms with Crippen LogP contribution in [0.1, 0.15) is 16.8 Å². The van der Waals surface area contributed by atoms with Crippen LogP contribution in [0.4, 0.5) is 0 Å². The Labute approximate surface area is 107 Å². The van der Waals surface area contributed by atoms with E-state index in [9.17, 15) is 0 Å². The van der Waals surface area contributed by atoms with Gasteiger partial charge in [0.1, 0.15) is 11.6 Å². The summed E-state index contributed by atoms with van der Waals surface area (Å²) in [5.41, 5.74) is 2.54. The van der Waals surface area contributed by atoms with Gasteiger partial charge in [-0.3, -0.25) is 0 Å². The van der Waals surface area contributed by atoms with Crippen molar-refractivity contribution in [2.45, 2.75) is 13.3 Å². The molecule has 90 valence electrons. The van der Waals surface area contributed by atoms with E-state index >= 15 is 0 Å². The molecule has 1 heterocycles. The van der Waals surface area contributed by atoms with E-state index in [1.165, 1.54) is 5.56 Å². The molecule has 1 aromatic carbocycles. The van der Waals surface area contributed by atoms with Crippen molar-refractivity contribution in [3.05, 3.63) is 59.3 Å². The van der Waals surface area contributed by atoms with E-state index in [4.69, 9.17) is 10.00 Å². The van der Waals surface area contributed by atoms with Gasteiger partial charge in [-0.05, 0) is 24.6 Å². The highest BCUT2D eigenvalue weighted by atomic mass is 16.5. The van der Waals surface area contributed by atoms with Gasteiger partial charge in [-0.15, -0.1) is 0 Å². The van der Waals surface area contributed by atoms with E-state index in [0.29, 0.717) is 18.1 Å². The van der Waals surface area contributed by atoms with E-state index in [0.717, 1.165) is 12.1 Å². The van der Waals surface area contributed by atoms with Crippen molar-refractivity contribution in [3.8, 4) is 11.9 Å². The summed E-state index contributed by atoms with van der Waals surface area (Å²) in [5.74, 6) is 0.424. The van der Waals surface area contributed by atoms with E-state index in [1.54, 1.807) is 6.07 Å². The molecule has 0 aliphatic carbocycles. The first-order chi connectivity index (χ1) is 8.79. The van der Waals surface area contributed by atoms with Gasteiger partial charge in [-0.1, -0.05) is 30.3 Å². The number of hydrogen-bond donors (Lipinski definition) is 0. The number of nitriles is 1. The Morgan fingerprint density at radius 3 is 2.67 bits per heavy atom. The quantitative estimate of drug-likeness (QED) is 0.822. The molecule has 0 aliphatic heterocycles. The van der Waals surface area contributed by atoms with Gasteiger partial charge < -0.3 is 4.74 Å². The Balaban J connectivity index is 1.98. The minimum atomic E-state index is 0.424. The molecule has 1 aromatic heterocycles. The number of aryl methyl sites for hydroxylation is 1. The van der Waals surface area contributed by atoms with E-state index in [2.05, 4.69) is 23.2 Å². The molecule has 0 radical (unpaired) electrons. The smallest absolute Gasteiger partial charge is 0.231 e. The molecule has 3 nitrogen and oxygen atoms in total. The number of aromatic nitrogens is 1. The highest BCUT2D eigenvalue weighted by molar-refractivity contribution is 5.38. The van der Waals surface area contributed by atoms with Crippen molar-refractivity contribution in [1.29, 1.82) is 5.26 Å². The molecule has 0 fully saturated rings. The molecular weight excluding hydrogens is 224 g/mol. The maximum atomic E-state index is 8.96. The average molecular weight is 238 g/mol. The molecule has 0 N–H and O–H groups in total. The maximum Gasteiger partial charge on any atom is 0.231 e. The molecule has 18 heavy (non-hydrogen) atoms. The fourth-order valence-corrected chi connectivity index (χ4v) is 1.64. The summed E-state index contributed by atoms with van der Waals surface area (Å²) >= 11 is 0. The van der Waals surface area contributed by atoms with E-state index in [-0.39, 0.29) is 0 Å². The second-order valence-electron chi connectivity index (χ2n) is 4.00. The molecule has 0 saturated heterocycles. The third kappa shape index (κ3) is 3.08. The molecule has 0 saturated carbocycles. The van der Waals surface area contributed by atoms with Gasteiger partial charge >= 0.3 is 0 Å². The van der Waals surface area contributed by atoms with Gasteiger partial charge in [0.05, 0.1) is 6.61 Å². The van der Waals surface area contributed by atoms with Crippen LogP contribution in [0.25, 0.3) is 0 Å². The molecule has 0 unspecified atom stereocenters. The fraction of sp³-hybridized carbons (Fsp3) is 0.200. The predicted molar refractivity (Wildman–Crippen MR) is 69.3 cm³/mol. The van der Waals surface area contributed by atoms with Gasteiger partial charge in [-0.2, -0.15) is 5.26 Å². The van der Waals surface area contributed by atoms with Crippen LogP contribution in [0.2, 0.25) is 0 Å². The Morgan fingerprint density at radius 1 is 1.17 bits per heavy atom. The van der Waals surface area contributed by atoms with Gasteiger partial charge in [0.25, 0.3) is 0 Å². The summed E-state index contributed by atoms with van der Waals surface area (Å²) in [4.78, 5) is 4.23. The first kappa shape index (κ1) is 12.1. The summed E-state index contributed by atoms with van der Waals surface area (Å²) < 4.78 is 5.58. The molecule has 0 amide bonds. The lowest BCUT2D eigenvalue weighted by molar-refractivity contribution is 0.308. The van der Waals surface area contributed by atoms with Crippen molar-refractivity contribution in [2.24, 2.45) is 0 Å². The average Bonchev–Trinajstić information content (AvgIpc) is 2.40. The fourth-order valence-electron chi connectivity index (χ4n) is 1.64. The third-order valence-corrected chi connectivity index (χ3v) is 2.59. The van der Waals surface area contributed by atoms with Crippen LogP contribution in [0.3, 0.4) is 0 Å². The molecule has 3 heteroatoms. The van der Waals surface area contributed by atoms with Crippen LogP contribution in [-0.2, 0) is 6.42 Å². The van der Waals surface area contributed by atoms with Crippen molar-refractivity contribution < 1.29 is 4.74 Å².